The number of halogens is 1. The number of rotatable bonds is 8. The highest BCUT2D eigenvalue weighted by Gasteiger charge is 2.32. The highest BCUT2D eigenvalue weighted by Crippen LogP contribution is 2.40. The van der Waals surface area contributed by atoms with E-state index in [1.165, 1.54) is 50.5 Å². The van der Waals surface area contributed by atoms with Gasteiger partial charge >= 0.3 is 0 Å². The molecule has 1 N–H and O–H groups in total. The zero-order chi connectivity index (χ0) is 23.3. The Balaban J connectivity index is 1.69. The number of ether oxygens (including phenoxy) is 3. The van der Waals surface area contributed by atoms with Gasteiger partial charge in [-0.25, -0.2) is 4.39 Å². The summed E-state index contributed by atoms with van der Waals surface area (Å²) in [6, 6.07) is 8.89. The van der Waals surface area contributed by atoms with E-state index in [1.807, 2.05) is 0 Å². The van der Waals surface area contributed by atoms with Crippen molar-refractivity contribution in [2.75, 3.05) is 33.2 Å². The number of anilines is 1. The van der Waals surface area contributed by atoms with E-state index < -0.39 is 0 Å². The van der Waals surface area contributed by atoms with Crippen LogP contribution in [0.3, 0.4) is 0 Å². The Kier molecular flexibility index (Phi) is 7.70. The summed E-state index contributed by atoms with van der Waals surface area (Å²) in [7, 11) is 4.53. The first-order valence-electron chi connectivity index (χ1n) is 9.47. The van der Waals surface area contributed by atoms with Crippen LogP contribution in [-0.2, 0) is 9.59 Å². The molecule has 0 bridgehead atoms. The molecule has 0 aliphatic carbocycles. The number of methoxy groups -OCH3 is 3. The Morgan fingerprint density at radius 1 is 1.12 bits per heavy atom. The molecule has 2 amide bonds. The molecule has 7 nitrogen and oxygen atoms in total. The van der Waals surface area contributed by atoms with Gasteiger partial charge in [0.2, 0.25) is 11.7 Å². The molecule has 168 valence electrons. The second-order valence-corrected chi connectivity index (χ2v) is 8.27. The average Bonchev–Trinajstić information content (AvgIpc) is 3.05. The number of nitrogens with one attached hydrogen (secondary N) is 1. The maximum atomic E-state index is 13.0. The molecule has 1 fully saturated rings. The van der Waals surface area contributed by atoms with Gasteiger partial charge in [0, 0.05) is 18.7 Å². The van der Waals surface area contributed by atoms with E-state index in [2.05, 4.69) is 5.32 Å². The Labute approximate surface area is 194 Å². The van der Waals surface area contributed by atoms with Crippen LogP contribution in [0.1, 0.15) is 12.0 Å². The Hall–Kier alpha value is -3.11. The number of carbonyl (C=O) groups excluding carboxylic acids is 2. The largest absolute Gasteiger partial charge is 0.493 e. The summed E-state index contributed by atoms with van der Waals surface area (Å²) in [5.41, 5.74) is 1.15. The SMILES string of the molecule is COc1cc(/C=C2/SC(=S)N(CCC(=O)Nc3ccc(F)cc3)C2=O)cc(OC)c1OC. The van der Waals surface area contributed by atoms with Gasteiger partial charge in [-0.05, 0) is 48.0 Å². The summed E-state index contributed by atoms with van der Waals surface area (Å²) in [4.78, 5) is 26.8. The minimum Gasteiger partial charge on any atom is -0.493 e. The van der Waals surface area contributed by atoms with Crippen molar-refractivity contribution in [3.8, 4) is 17.2 Å². The van der Waals surface area contributed by atoms with Crippen molar-refractivity contribution < 1.29 is 28.2 Å². The quantitative estimate of drug-likeness (QED) is 0.454. The van der Waals surface area contributed by atoms with Gasteiger partial charge in [-0.15, -0.1) is 0 Å². The highest BCUT2D eigenvalue weighted by atomic mass is 32.2. The van der Waals surface area contributed by atoms with Crippen molar-refractivity contribution in [3.63, 3.8) is 0 Å². The zero-order valence-electron chi connectivity index (χ0n) is 17.6. The van der Waals surface area contributed by atoms with Crippen molar-refractivity contribution in [2.45, 2.75) is 6.42 Å². The first kappa shape index (κ1) is 23.6. The normalized spacial score (nSPS) is 14.6. The number of carbonyl (C=O) groups is 2. The van der Waals surface area contributed by atoms with Crippen molar-refractivity contribution in [1.29, 1.82) is 0 Å². The second-order valence-electron chi connectivity index (χ2n) is 6.60. The maximum Gasteiger partial charge on any atom is 0.266 e. The summed E-state index contributed by atoms with van der Waals surface area (Å²) >= 11 is 6.48. The van der Waals surface area contributed by atoms with Gasteiger partial charge in [0.1, 0.15) is 10.1 Å². The smallest absolute Gasteiger partial charge is 0.266 e. The van der Waals surface area contributed by atoms with Crippen LogP contribution >= 0.6 is 24.0 Å². The van der Waals surface area contributed by atoms with Gasteiger partial charge in [-0.3, -0.25) is 14.5 Å². The molecule has 2 aromatic rings. The monoisotopic (exact) mass is 476 g/mol. The van der Waals surface area contributed by atoms with Crippen molar-refractivity contribution in [3.05, 3.63) is 52.7 Å². The van der Waals surface area contributed by atoms with Crippen molar-refractivity contribution in [1.82, 2.24) is 4.90 Å². The van der Waals surface area contributed by atoms with E-state index in [9.17, 15) is 14.0 Å². The van der Waals surface area contributed by atoms with Gasteiger partial charge < -0.3 is 19.5 Å². The van der Waals surface area contributed by atoms with Crippen LogP contribution in [0.4, 0.5) is 10.1 Å². The van der Waals surface area contributed by atoms with E-state index in [0.717, 1.165) is 11.8 Å². The zero-order valence-corrected chi connectivity index (χ0v) is 19.3. The van der Waals surface area contributed by atoms with Crippen molar-refractivity contribution >= 4 is 51.9 Å². The average molecular weight is 477 g/mol. The first-order valence-corrected chi connectivity index (χ1v) is 10.7. The summed E-state index contributed by atoms with van der Waals surface area (Å²) < 4.78 is 29.3. The molecule has 2 aromatic carbocycles. The summed E-state index contributed by atoms with van der Waals surface area (Å²) in [6.45, 7) is 0.129. The molecule has 32 heavy (non-hydrogen) atoms. The number of thioether (sulfide) groups is 1. The molecule has 1 aliphatic heterocycles. The fourth-order valence-corrected chi connectivity index (χ4v) is 4.31. The number of hydrogen-bond acceptors (Lipinski definition) is 7. The maximum absolute atomic E-state index is 13.0. The predicted octanol–water partition coefficient (Wildman–Crippen LogP) is 4.08. The standard InChI is InChI=1S/C22H21FN2O5S2/c1-28-16-10-13(11-17(29-2)20(16)30-3)12-18-21(27)25(22(31)32-18)9-8-19(26)24-15-6-4-14(23)5-7-15/h4-7,10-12H,8-9H2,1-3H3,(H,24,26)/b18-12+. The van der Waals surface area contributed by atoms with Crippen LogP contribution in [0.15, 0.2) is 41.3 Å². The number of nitrogens with zero attached hydrogens (tertiary/aromatic N) is 1. The number of hydrogen-bond donors (Lipinski definition) is 1. The van der Waals surface area contributed by atoms with Gasteiger partial charge in [0.25, 0.3) is 5.91 Å². The fraction of sp³-hybridized carbons (Fsp3) is 0.227. The van der Waals surface area contributed by atoms with E-state index >= 15 is 0 Å². The van der Waals surface area contributed by atoms with Gasteiger partial charge in [0.05, 0.1) is 26.2 Å². The molecule has 0 atom stereocenters. The lowest BCUT2D eigenvalue weighted by molar-refractivity contribution is -0.122. The van der Waals surface area contributed by atoms with Crippen LogP contribution in [0.25, 0.3) is 6.08 Å². The lowest BCUT2D eigenvalue weighted by atomic mass is 10.1. The molecule has 10 heteroatoms. The molecule has 3 rings (SSSR count). The summed E-state index contributed by atoms with van der Waals surface area (Å²) in [5, 5.41) is 2.66. The summed E-state index contributed by atoms with van der Waals surface area (Å²) in [6.07, 6.45) is 1.73. The van der Waals surface area contributed by atoms with Gasteiger partial charge in [-0.1, -0.05) is 24.0 Å². The summed E-state index contributed by atoms with van der Waals surface area (Å²) in [5.74, 6) is 0.394. The molecule has 0 saturated carbocycles. The Morgan fingerprint density at radius 3 is 2.31 bits per heavy atom. The van der Waals surface area contributed by atoms with Crippen molar-refractivity contribution in [2.24, 2.45) is 0 Å². The molecular weight excluding hydrogens is 455 g/mol. The minimum absolute atomic E-state index is 0.0429. The molecule has 1 aliphatic rings. The molecule has 1 saturated heterocycles. The van der Waals surface area contributed by atoms with E-state index in [1.54, 1.807) is 18.2 Å². The molecule has 0 unspecified atom stereocenters. The molecule has 0 spiro atoms. The van der Waals surface area contributed by atoms with E-state index in [-0.39, 0.29) is 30.6 Å². The second kappa shape index (κ2) is 10.5. The molecule has 0 aromatic heterocycles. The van der Waals surface area contributed by atoms with Gasteiger partial charge in [0.15, 0.2) is 11.5 Å². The topological polar surface area (TPSA) is 77.1 Å². The van der Waals surface area contributed by atoms with Crippen LogP contribution < -0.4 is 19.5 Å². The van der Waals surface area contributed by atoms with Crippen LogP contribution in [0, 0.1) is 5.82 Å². The lowest BCUT2D eigenvalue weighted by Crippen LogP contribution is -2.31. The molecule has 1 heterocycles. The third-order valence-electron chi connectivity index (χ3n) is 4.55. The number of thiocarbonyl (C=S) groups is 1. The van der Waals surface area contributed by atoms with Crippen LogP contribution in [0.2, 0.25) is 0 Å². The fourth-order valence-electron chi connectivity index (χ4n) is 3.00. The van der Waals surface area contributed by atoms with Crippen LogP contribution in [-0.4, -0.2) is 48.9 Å². The number of amides is 2. The van der Waals surface area contributed by atoms with Crippen LogP contribution in [0.5, 0.6) is 17.2 Å². The van der Waals surface area contributed by atoms with Gasteiger partial charge in [-0.2, -0.15) is 0 Å². The first-order chi connectivity index (χ1) is 15.4. The molecular formula is C22H21FN2O5S2. The third-order valence-corrected chi connectivity index (χ3v) is 5.93. The Bertz CT molecular complexity index is 1050. The lowest BCUT2D eigenvalue weighted by Gasteiger charge is -2.14. The number of benzene rings is 2. The van der Waals surface area contributed by atoms with E-state index in [4.69, 9.17) is 26.4 Å². The minimum atomic E-state index is -0.389. The molecule has 0 radical (unpaired) electrons. The van der Waals surface area contributed by atoms with E-state index in [0.29, 0.717) is 37.7 Å². The Morgan fingerprint density at radius 2 is 1.75 bits per heavy atom. The highest BCUT2D eigenvalue weighted by molar-refractivity contribution is 8.26. The predicted molar refractivity (Wildman–Crippen MR) is 126 cm³/mol. The third kappa shape index (κ3) is 5.38.